The number of nitrogens with one attached hydrogen (secondary N) is 1. The molecule has 0 saturated carbocycles. The van der Waals surface area contributed by atoms with Crippen molar-refractivity contribution in [2.45, 2.75) is 55.8 Å². The molecule has 2 heterocycles. The molecule has 0 spiro atoms. The first-order valence-corrected chi connectivity index (χ1v) is 12.1. The quantitative estimate of drug-likeness (QED) is 0.536. The SMILES string of the molecule is CC(C)N1CCC(CCNC[C@]2(O)CN(S(=O)(=O)c3ccccc3)C[C@H]2O)CC1. The molecule has 1 aromatic carbocycles. The predicted molar refractivity (Wildman–Crippen MR) is 113 cm³/mol. The number of piperidine rings is 1. The fourth-order valence-electron chi connectivity index (χ4n) is 4.31. The van der Waals surface area contributed by atoms with E-state index in [0.717, 1.165) is 26.1 Å². The zero-order valence-electron chi connectivity index (χ0n) is 17.5. The molecular formula is C21H35N3O4S. The maximum absolute atomic E-state index is 12.8. The largest absolute Gasteiger partial charge is 0.389 e. The molecule has 3 N–H and O–H groups in total. The molecule has 2 fully saturated rings. The van der Waals surface area contributed by atoms with E-state index >= 15 is 0 Å². The highest BCUT2D eigenvalue weighted by molar-refractivity contribution is 7.89. The Morgan fingerprint density at radius 1 is 1.21 bits per heavy atom. The van der Waals surface area contributed by atoms with Crippen molar-refractivity contribution in [1.82, 2.24) is 14.5 Å². The number of sulfonamides is 1. The highest BCUT2D eigenvalue weighted by atomic mass is 32.2. The van der Waals surface area contributed by atoms with E-state index in [1.807, 2.05) is 0 Å². The first kappa shape index (κ1) is 22.7. The molecule has 0 unspecified atom stereocenters. The molecule has 7 nitrogen and oxygen atoms in total. The minimum Gasteiger partial charge on any atom is -0.389 e. The number of hydrogen-bond acceptors (Lipinski definition) is 6. The zero-order valence-corrected chi connectivity index (χ0v) is 18.3. The van der Waals surface area contributed by atoms with Crippen molar-refractivity contribution in [1.29, 1.82) is 0 Å². The summed E-state index contributed by atoms with van der Waals surface area (Å²) in [6.07, 6.45) is 2.30. The Kier molecular flexibility index (Phi) is 7.35. The Balaban J connectivity index is 1.46. The first-order valence-electron chi connectivity index (χ1n) is 10.6. The molecule has 8 heteroatoms. The van der Waals surface area contributed by atoms with Gasteiger partial charge < -0.3 is 20.4 Å². The minimum atomic E-state index is -3.72. The third-order valence-electron chi connectivity index (χ3n) is 6.37. The molecule has 0 aliphatic carbocycles. The Labute approximate surface area is 174 Å². The summed E-state index contributed by atoms with van der Waals surface area (Å²) in [6, 6.07) is 8.74. The van der Waals surface area contributed by atoms with Gasteiger partial charge in [-0.15, -0.1) is 0 Å². The van der Waals surface area contributed by atoms with Crippen molar-refractivity contribution in [2.75, 3.05) is 39.3 Å². The van der Waals surface area contributed by atoms with Gasteiger partial charge in [0.05, 0.1) is 11.0 Å². The van der Waals surface area contributed by atoms with Gasteiger partial charge in [0.15, 0.2) is 0 Å². The average Bonchev–Trinajstić information content (AvgIpc) is 3.02. The summed E-state index contributed by atoms with van der Waals surface area (Å²) < 4.78 is 26.7. The lowest BCUT2D eigenvalue weighted by molar-refractivity contribution is -0.0383. The number of likely N-dealkylation sites (tertiary alicyclic amines) is 1. The van der Waals surface area contributed by atoms with Crippen LogP contribution in [0.25, 0.3) is 0 Å². The van der Waals surface area contributed by atoms with Crippen molar-refractivity contribution >= 4 is 10.0 Å². The molecule has 0 amide bonds. The predicted octanol–water partition coefficient (Wildman–Crippen LogP) is 0.883. The van der Waals surface area contributed by atoms with Crippen LogP contribution < -0.4 is 5.32 Å². The van der Waals surface area contributed by atoms with E-state index in [-0.39, 0.29) is 24.5 Å². The van der Waals surface area contributed by atoms with Crippen LogP contribution in [-0.2, 0) is 10.0 Å². The van der Waals surface area contributed by atoms with E-state index in [0.29, 0.717) is 12.0 Å². The van der Waals surface area contributed by atoms with Crippen LogP contribution in [0.3, 0.4) is 0 Å². The summed E-state index contributed by atoms with van der Waals surface area (Å²) >= 11 is 0. The number of nitrogens with zero attached hydrogens (tertiary/aromatic N) is 2. The standard InChI is InChI=1S/C21H35N3O4S/c1-17(2)23-12-9-18(10-13-23)8-11-22-15-21(26)16-24(14-20(21)25)29(27,28)19-6-4-3-5-7-19/h3-7,17-18,20,22,25-26H,8-16H2,1-2H3/t20-,21+/m1/s1. The maximum Gasteiger partial charge on any atom is 0.243 e. The molecule has 3 rings (SSSR count). The second-order valence-corrected chi connectivity index (χ2v) is 10.7. The van der Waals surface area contributed by atoms with Gasteiger partial charge in [-0.1, -0.05) is 18.2 Å². The fraction of sp³-hybridized carbons (Fsp3) is 0.714. The van der Waals surface area contributed by atoms with Gasteiger partial charge in [0.1, 0.15) is 5.60 Å². The summed E-state index contributed by atoms with van der Waals surface area (Å²) in [5.41, 5.74) is -1.47. The van der Waals surface area contributed by atoms with Gasteiger partial charge in [0.2, 0.25) is 10.0 Å². The molecule has 29 heavy (non-hydrogen) atoms. The number of β-amino-alcohol motifs (C(OH)–C–C–N with tert-alkyl or cyclic N) is 2. The number of rotatable bonds is 8. The lowest BCUT2D eigenvalue weighted by Gasteiger charge is -2.34. The highest BCUT2D eigenvalue weighted by Gasteiger charge is 2.48. The van der Waals surface area contributed by atoms with Crippen LogP contribution in [-0.4, -0.2) is 84.9 Å². The van der Waals surface area contributed by atoms with Crippen LogP contribution in [0.15, 0.2) is 35.2 Å². The van der Waals surface area contributed by atoms with Gasteiger partial charge in [0.25, 0.3) is 0 Å². The number of aliphatic hydroxyl groups is 2. The smallest absolute Gasteiger partial charge is 0.243 e. The molecule has 0 aromatic heterocycles. The van der Waals surface area contributed by atoms with E-state index in [1.54, 1.807) is 18.2 Å². The molecule has 2 saturated heterocycles. The van der Waals surface area contributed by atoms with Crippen molar-refractivity contribution in [3.8, 4) is 0 Å². The van der Waals surface area contributed by atoms with Gasteiger partial charge in [0, 0.05) is 25.7 Å². The topological polar surface area (TPSA) is 93.1 Å². The average molecular weight is 426 g/mol. The van der Waals surface area contributed by atoms with Crippen molar-refractivity contribution < 1.29 is 18.6 Å². The molecule has 0 radical (unpaired) electrons. The third kappa shape index (κ3) is 5.37. The minimum absolute atomic E-state index is 0.0942. The monoisotopic (exact) mass is 425 g/mol. The maximum atomic E-state index is 12.8. The number of hydrogen-bond donors (Lipinski definition) is 3. The molecule has 1 aromatic rings. The zero-order chi connectivity index (χ0) is 21.1. The van der Waals surface area contributed by atoms with Crippen LogP contribution in [0.4, 0.5) is 0 Å². The summed E-state index contributed by atoms with van der Waals surface area (Å²) in [4.78, 5) is 2.68. The summed E-state index contributed by atoms with van der Waals surface area (Å²) in [6.45, 7) is 7.48. The lowest BCUT2D eigenvalue weighted by atomic mass is 9.92. The Bertz CT molecular complexity index is 750. The van der Waals surface area contributed by atoms with E-state index in [2.05, 4.69) is 24.1 Å². The van der Waals surface area contributed by atoms with Crippen LogP contribution >= 0.6 is 0 Å². The van der Waals surface area contributed by atoms with Gasteiger partial charge in [-0.05, 0) is 70.8 Å². The van der Waals surface area contributed by atoms with Gasteiger partial charge >= 0.3 is 0 Å². The summed E-state index contributed by atoms with van der Waals surface area (Å²) in [5, 5.41) is 24.5. The first-order chi connectivity index (χ1) is 13.7. The third-order valence-corrected chi connectivity index (χ3v) is 8.19. The van der Waals surface area contributed by atoms with Crippen LogP contribution in [0.1, 0.15) is 33.1 Å². The fourth-order valence-corrected chi connectivity index (χ4v) is 5.84. The van der Waals surface area contributed by atoms with Crippen LogP contribution in [0.2, 0.25) is 0 Å². The summed E-state index contributed by atoms with van der Waals surface area (Å²) in [7, 11) is -3.72. The molecule has 0 bridgehead atoms. The van der Waals surface area contributed by atoms with Crippen LogP contribution in [0, 0.1) is 5.92 Å². The number of aliphatic hydroxyl groups excluding tert-OH is 1. The van der Waals surface area contributed by atoms with E-state index in [4.69, 9.17) is 0 Å². The Morgan fingerprint density at radius 2 is 1.86 bits per heavy atom. The van der Waals surface area contributed by atoms with Crippen molar-refractivity contribution in [3.63, 3.8) is 0 Å². The Hall–Kier alpha value is -1.03. The van der Waals surface area contributed by atoms with E-state index < -0.39 is 21.7 Å². The van der Waals surface area contributed by atoms with Gasteiger partial charge in [-0.3, -0.25) is 0 Å². The van der Waals surface area contributed by atoms with E-state index in [1.165, 1.54) is 29.3 Å². The van der Waals surface area contributed by atoms with Crippen molar-refractivity contribution in [3.05, 3.63) is 30.3 Å². The van der Waals surface area contributed by atoms with Crippen molar-refractivity contribution in [2.24, 2.45) is 5.92 Å². The van der Waals surface area contributed by atoms with E-state index in [9.17, 15) is 18.6 Å². The van der Waals surface area contributed by atoms with Gasteiger partial charge in [-0.25, -0.2) is 8.42 Å². The Morgan fingerprint density at radius 3 is 2.48 bits per heavy atom. The van der Waals surface area contributed by atoms with Crippen LogP contribution in [0.5, 0.6) is 0 Å². The molecule has 2 aliphatic rings. The number of benzene rings is 1. The normalized spacial score (nSPS) is 27.7. The molecule has 2 atom stereocenters. The summed E-state index contributed by atoms with van der Waals surface area (Å²) in [5.74, 6) is 0.676. The molecule has 2 aliphatic heterocycles. The molecular weight excluding hydrogens is 390 g/mol. The highest BCUT2D eigenvalue weighted by Crippen LogP contribution is 2.27. The second-order valence-electron chi connectivity index (χ2n) is 8.77. The second kappa shape index (κ2) is 9.41. The molecule has 164 valence electrons. The van der Waals surface area contributed by atoms with Gasteiger partial charge in [-0.2, -0.15) is 4.31 Å². The lowest BCUT2D eigenvalue weighted by Crippen LogP contribution is -2.50.